The Balaban J connectivity index is 2.32. The zero-order valence-corrected chi connectivity index (χ0v) is 12.4. The first-order valence-electron chi connectivity index (χ1n) is 7.25. The van der Waals surface area contributed by atoms with Crippen LogP contribution in [0.25, 0.3) is 0 Å². The van der Waals surface area contributed by atoms with E-state index in [9.17, 15) is 0 Å². The van der Waals surface area contributed by atoms with E-state index in [-0.39, 0.29) is 0 Å². The Morgan fingerprint density at radius 3 is 1.94 bits per heavy atom. The maximum absolute atomic E-state index is 3.46. The Morgan fingerprint density at radius 2 is 1.47 bits per heavy atom. The van der Waals surface area contributed by atoms with E-state index in [1.165, 1.54) is 26.2 Å². The van der Waals surface area contributed by atoms with Crippen LogP contribution in [0.2, 0.25) is 0 Å². The van der Waals surface area contributed by atoms with Gasteiger partial charge in [-0.05, 0) is 39.8 Å². The molecule has 1 heterocycles. The van der Waals surface area contributed by atoms with Gasteiger partial charge in [-0.2, -0.15) is 0 Å². The number of nitrogens with one attached hydrogen (secondary N) is 1. The number of rotatable bonds is 6. The lowest BCUT2D eigenvalue weighted by atomic mass is 10.0. The second-order valence-electron chi connectivity index (χ2n) is 5.69. The molecule has 0 aromatic carbocycles. The van der Waals surface area contributed by atoms with Crippen molar-refractivity contribution in [3.05, 3.63) is 0 Å². The van der Waals surface area contributed by atoms with Crippen LogP contribution < -0.4 is 5.32 Å². The van der Waals surface area contributed by atoms with Gasteiger partial charge >= 0.3 is 0 Å². The first kappa shape index (κ1) is 14.9. The van der Waals surface area contributed by atoms with Crippen LogP contribution in [0.3, 0.4) is 0 Å². The molecule has 0 amide bonds. The summed E-state index contributed by atoms with van der Waals surface area (Å²) in [4.78, 5) is 5.24. The first-order valence-corrected chi connectivity index (χ1v) is 7.25. The molecule has 0 aromatic heterocycles. The average molecular weight is 241 g/mol. The molecule has 17 heavy (non-hydrogen) atoms. The molecule has 1 rings (SSSR count). The van der Waals surface area contributed by atoms with Gasteiger partial charge in [-0.3, -0.25) is 9.80 Å². The summed E-state index contributed by atoms with van der Waals surface area (Å²) in [7, 11) is 0. The smallest absolute Gasteiger partial charge is 0.0113 e. The molecule has 1 fully saturated rings. The largest absolute Gasteiger partial charge is 0.317 e. The zero-order valence-electron chi connectivity index (χ0n) is 12.4. The molecule has 2 atom stereocenters. The van der Waals surface area contributed by atoms with Crippen LogP contribution in [0.4, 0.5) is 0 Å². The minimum atomic E-state index is 0.698. The van der Waals surface area contributed by atoms with Crippen LogP contribution in [0.15, 0.2) is 0 Å². The van der Waals surface area contributed by atoms with E-state index in [2.05, 4.69) is 49.7 Å². The van der Waals surface area contributed by atoms with Gasteiger partial charge in [-0.15, -0.1) is 0 Å². The molecule has 0 bridgehead atoms. The normalized spacial score (nSPS) is 22.9. The molecule has 1 N–H and O–H groups in total. The lowest BCUT2D eigenvalue weighted by molar-refractivity contribution is 0.0656. The fourth-order valence-corrected chi connectivity index (χ4v) is 2.56. The Morgan fingerprint density at radius 1 is 0.941 bits per heavy atom. The van der Waals surface area contributed by atoms with Crippen molar-refractivity contribution in [2.24, 2.45) is 5.92 Å². The van der Waals surface area contributed by atoms with Crippen molar-refractivity contribution in [1.29, 1.82) is 0 Å². The van der Waals surface area contributed by atoms with Crippen molar-refractivity contribution in [2.75, 3.05) is 39.3 Å². The van der Waals surface area contributed by atoms with Gasteiger partial charge in [0.1, 0.15) is 0 Å². The van der Waals surface area contributed by atoms with Crippen molar-refractivity contribution in [3.8, 4) is 0 Å². The Kier molecular flexibility index (Phi) is 6.45. The van der Waals surface area contributed by atoms with E-state index < -0.39 is 0 Å². The van der Waals surface area contributed by atoms with E-state index in [4.69, 9.17) is 0 Å². The van der Waals surface area contributed by atoms with Gasteiger partial charge in [0, 0.05) is 38.3 Å². The highest BCUT2D eigenvalue weighted by atomic mass is 15.3. The number of hydrogen-bond acceptors (Lipinski definition) is 3. The molecule has 1 saturated heterocycles. The summed E-state index contributed by atoms with van der Waals surface area (Å²) in [5.41, 5.74) is 0. The van der Waals surface area contributed by atoms with Crippen molar-refractivity contribution < 1.29 is 0 Å². The van der Waals surface area contributed by atoms with E-state index >= 15 is 0 Å². The quantitative estimate of drug-likeness (QED) is 0.763. The van der Waals surface area contributed by atoms with Gasteiger partial charge in [-0.25, -0.2) is 0 Å². The molecule has 0 saturated carbocycles. The SMILES string of the molecule is CCNCC(C)C(C)N1CCN(C(C)C)CC1. The zero-order chi connectivity index (χ0) is 12.8. The van der Waals surface area contributed by atoms with Gasteiger partial charge in [0.2, 0.25) is 0 Å². The van der Waals surface area contributed by atoms with Crippen LogP contribution in [0, 0.1) is 5.92 Å². The maximum atomic E-state index is 3.46. The molecule has 0 spiro atoms. The molecule has 0 aliphatic carbocycles. The van der Waals surface area contributed by atoms with E-state index in [0.29, 0.717) is 12.1 Å². The summed E-state index contributed by atoms with van der Waals surface area (Å²) in [6, 6.07) is 1.40. The van der Waals surface area contributed by atoms with E-state index in [0.717, 1.165) is 19.0 Å². The molecule has 0 aromatic rings. The molecule has 3 nitrogen and oxygen atoms in total. The monoisotopic (exact) mass is 241 g/mol. The molecule has 2 unspecified atom stereocenters. The number of hydrogen-bond donors (Lipinski definition) is 1. The maximum Gasteiger partial charge on any atom is 0.0113 e. The summed E-state index contributed by atoms with van der Waals surface area (Å²) in [5, 5.41) is 3.46. The molecule has 0 radical (unpaired) electrons. The number of piperazine rings is 1. The standard InChI is InChI=1S/C14H31N3/c1-6-15-11-13(4)14(5)17-9-7-16(8-10-17)12(2)3/h12-15H,6-11H2,1-5H3. The van der Waals surface area contributed by atoms with E-state index in [1.807, 2.05) is 0 Å². The Bertz CT molecular complexity index is 198. The minimum absolute atomic E-state index is 0.698. The summed E-state index contributed by atoms with van der Waals surface area (Å²) in [5.74, 6) is 0.737. The van der Waals surface area contributed by atoms with E-state index in [1.54, 1.807) is 0 Å². The molecule has 3 heteroatoms. The second kappa shape index (κ2) is 7.34. The van der Waals surface area contributed by atoms with Crippen LogP contribution in [-0.2, 0) is 0 Å². The van der Waals surface area contributed by atoms with Gasteiger partial charge in [-0.1, -0.05) is 13.8 Å². The molecular formula is C14H31N3. The third kappa shape index (κ3) is 4.57. The highest BCUT2D eigenvalue weighted by Crippen LogP contribution is 2.14. The topological polar surface area (TPSA) is 18.5 Å². The summed E-state index contributed by atoms with van der Waals surface area (Å²) >= 11 is 0. The summed E-state index contributed by atoms with van der Waals surface area (Å²) in [6.07, 6.45) is 0. The highest BCUT2D eigenvalue weighted by molar-refractivity contribution is 4.80. The number of nitrogens with zero attached hydrogens (tertiary/aromatic N) is 2. The summed E-state index contributed by atoms with van der Waals surface area (Å²) in [6.45, 7) is 18.7. The molecule has 1 aliphatic heterocycles. The Labute approximate surface area is 108 Å². The van der Waals surface area contributed by atoms with Gasteiger partial charge in [0.15, 0.2) is 0 Å². The van der Waals surface area contributed by atoms with Crippen LogP contribution in [0.5, 0.6) is 0 Å². The highest BCUT2D eigenvalue weighted by Gasteiger charge is 2.24. The van der Waals surface area contributed by atoms with Gasteiger partial charge in [0.05, 0.1) is 0 Å². The fourth-order valence-electron chi connectivity index (χ4n) is 2.56. The minimum Gasteiger partial charge on any atom is -0.317 e. The molecule has 1 aliphatic rings. The predicted molar refractivity (Wildman–Crippen MR) is 75.5 cm³/mol. The average Bonchev–Trinajstić information content (AvgIpc) is 2.35. The first-order chi connectivity index (χ1) is 8.06. The van der Waals surface area contributed by atoms with Gasteiger partial charge < -0.3 is 5.32 Å². The van der Waals surface area contributed by atoms with Crippen LogP contribution >= 0.6 is 0 Å². The third-order valence-electron chi connectivity index (χ3n) is 4.19. The van der Waals surface area contributed by atoms with Crippen molar-refractivity contribution >= 4 is 0 Å². The molecule has 102 valence electrons. The Hall–Kier alpha value is -0.120. The van der Waals surface area contributed by atoms with Crippen molar-refractivity contribution in [1.82, 2.24) is 15.1 Å². The van der Waals surface area contributed by atoms with Crippen molar-refractivity contribution in [3.63, 3.8) is 0 Å². The lowest BCUT2D eigenvalue weighted by Crippen LogP contribution is -2.53. The van der Waals surface area contributed by atoms with Crippen LogP contribution in [-0.4, -0.2) is 61.2 Å². The predicted octanol–water partition coefficient (Wildman–Crippen LogP) is 1.65. The van der Waals surface area contributed by atoms with Crippen LogP contribution in [0.1, 0.15) is 34.6 Å². The molecular weight excluding hydrogens is 210 g/mol. The second-order valence-corrected chi connectivity index (χ2v) is 5.69. The van der Waals surface area contributed by atoms with Gasteiger partial charge in [0.25, 0.3) is 0 Å². The third-order valence-corrected chi connectivity index (χ3v) is 4.19. The summed E-state index contributed by atoms with van der Waals surface area (Å²) < 4.78 is 0. The fraction of sp³-hybridized carbons (Fsp3) is 1.00. The van der Waals surface area contributed by atoms with Crippen molar-refractivity contribution in [2.45, 2.75) is 46.7 Å². The lowest BCUT2D eigenvalue weighted by Gasteiger charge is -2.41.